The van der Waals surface area contributed by atoms with E-state index in [4.69, 9.17) is 14.2 Å². The second-order valence-electron chi connectivity index (χ2n) is 8.27. The van der Waals surface area contributed by atoms with Gasteiger partial charge in [0.1, 0.15) is 24.5 Å². The molecule has 0 aliphatic carbocycles. The van der Waals surface area contributed by atoms with Gasteiger partial charge in [-0.25, -0.2) is 9.59 Å². The van der Waals surface area contributed by atoms with Crippen LogP contribution in [0.25, 0.3) is 0 Å². The highest BCUT2D eigenvalue weighted by molar-refractivity contribution is 5.87. The van der Waals surface area contributed by atoms with Crippen molar-refractivity contribution in [3.05, 3.63) is 12.3 Å². The number of carbonyl (C=O) groups excluding carboxylic acids is 4. The van der Waals surface area contributed by atoms with Gasteiger partial charge in [0.25, 0.3) is 0 Å². The lowest BCUT2D eigenvalue weighted by Crippen LogP contribution is -2.47. The Labute approximate surface area is 177 Å². The minimum Gasteiger partial charge on any atom is -0.461 e. The zero-order valence-corrected chi connectivity index (χ0v) is 18.5. The molecule has 1 saturated heterocycles. The van der Waals surface area contributed by atoms with Crippen molar-refractivity contribution >= 4 is 24.4 Å². The number of nitrogens with one attached hydrogen (secondary N) is 2. The first-order valence-electron chi connectivity index (χ1n) is 9.91. The summed E-state index contributed by atoms with van der Waals surface area (Å²) >= 11 is 0. The number of carbonyl (C=O) groups is 4. The molecule has 0 spiro atoms. The Morgan fingerprint density at radius 3 is 2.43 bits per heavy atom. The van der Waals surface area contributed by atoms with Gasteiger partial charge in [-0.15, -0.1) is 0 Å². The first-order chi connectivity index (χ1) is 14.0. The number of likely N-dealkylation sites (N-methyl/N-ethyl adjacent to an activating group) is 1. The minimum atomic E-state index is -0.862. The van der Waals surface area contributed by atoms with E-state index in [0.29, 0.717) is 19.3 Å². The lowest BCUT2D eigenvalue weighted by molar-refractivity contribution is -0.153. The molecule has 0 aromatic rings. The Balaban J connectivity index is 2.56. The standard InChI is InChI=1S/C20H33N3O7/c1-13(2)17(22-19(27)30-20(3,4)5)18(26)28-11-14-7-8-16(29-14)23(12-24)10-9-15(25)21-6/h9-10,12-14,16-17H,7-8,11H2,1-6H3,(H,21,25)(H,22,27)/b10-9-. The minimum absolute atomic E-state index is 0.0135. The van der Waals surface area contributed by atoms with E-state index in [9.17, 15) is 19.2 Å². The maximum atomic E-state index is 12.5. The molecule has 1 aliphatic heterocycles. The average molecular weight is 427 g/mol. The molecule has 1 rings (SSSR count). The molecule has 0 radical (unpaired) electrons. The molecular formula is C20H33N3O7. The fourth-order valence-electron chi connectivity index (χ4n) is 2.66. The van der Waals surface area contributed by atoms with Crippen LogP contribution in [0.3, 0.4) is 0 Å². The summed E-state index contributed by atoms with van der Waals surface area (Å²) in [6.45, 7) is 8.75. The summed E-state index contributed by atoms with van der Waals surface area (Å²) in [6.07, 6.45) is 2.59. The van der Waals surface area contributed by atoms with Gasteiger partial charge in [-0.05, 0) is 39.5 Å². The van der Waals surface area contributed by atoms with Crippen molar-refractivity contribution in [1.29, 1.82) is 0 Å². The Hall–Kier alpha value is -2.62. The third-order valence-electron chi connectivity index (χ3n) is 4.19. The van der Waals surface area contributed by atoms with Gasteiger partial charge in [-0.3, -0.25) is 14.5 Å². The molecule has 170 valence electrons. The Morgan fingerprint density at radius 1 is 1.23 bits per heavy atom. The summed E-state index contributed by atoms with van der Waals surface area (Å²) in [5, 5.41) is 4.96. The van der Waals surface area contributed by atoms with Gasteiger partial charge >= 0.3 is 12.1 Å². The number of amides is 3. The fraction of sp³-hybridized carbons (Fsp3) is 0.700. The van der Waals surface area contributed by atoms with Crippen molar-refractivity contribution in [2.75, 3.05) is 13.7 Å². The largest absolute Gasteiger partial charge is 0.461 e. The quantitative estimate of drug-likeness (QED) is 0.323. The first kappa shape index (κ1) is 25.4. The molecule has 3 amide bonds. The number of alkyl carbamates (subject to hydrolysis) is 1. The van der Waals surface area contributed by atoms with Crippen molar-refractivity contribution in [3.8, 4) is 0 Å². The van der Waals surface area contributed by atoms with Gasteiger partial charge in [0.2, 0.25) is 12.3 Å². The van der Waals surface area contributed by atoms with Crippen LogP contribution >= 0.6 is 0 Å². The van der Waals surface area contributed by atoms with Gasteiger partial charge < -0.3 is 24.8 Å². The molecule has 0 bridgehead atoms. The molecule has 2 N–H and O–H groups in total. The van der Waals surface area contributed by atoms with Crippen molar-refractivity contribution < 1.29 is 33.4 Å². The molecular weight excluding hydrogens is 394 g/mol. The normalized spacial score (nSPS) is 20.0. The summed E-state index contributed by atoms with van der Waals surface area (Å²) in [7, 11) is 1.48. The molecule has 10 heteroatoms. The number of nitrogens with zero attached hydrogens (tertiary/aromatic N) is 1. The monoisotopic (exact) mass is 427 g/mol. The van der Waals surface area contributed by atoms with E-state index in [1.165, 1.54) is 24.2 Å². The highest BCUT2D eigenvalue weighted by atomic mass is 16.6. The summed E-state index contributed by atoms with van der Waals surface area (Å²) in [5.74, 6) is -1.14. The number of esters is 1. The van der Waals surface area contributed by atoms with Crippen molar-refractivity contribution in [3.63, 3.8) is 0 Å². The summed E-state index contributed by atoms with van der Waals surface area (Å²) in [4.78, 5) is 48.2. The lowest BCUT2D eigenvalue weighted by atomic mass is 10.1. The molecule has 1 fully saturated rings. The number of rotatable bonds is 9. The van der Waals surface area contributed by atoms with Crippen LogP contribution < -0.4 is 10.6 Å². The molecule has 30 heavy (non-hydrogen) atoms. The van der Waals surface area contributed by atoms with E-state index in [1.54, 1.807) is 34.6 Å². The van der Waals surface area contributed by atoms with E-state index >= 15 is 0 Å². The highest BCUT2D eigenvalue weighted by Crippen LogP contribution is 2.23. The number of ether oxygens (including phenoxy) is 3. The topological polar surface area (TPSA) is 123 Å². The smallest absolute Gasteiger partial charge is 0.408 e. The second kappa shape index (κ2) is 11.5. The molecule has 1 aliphatic rings. The Morgan fingerprint density at radius 2 is 1.90 bits per heavy atom. The van der Waals surface area contributed by atoms with Crippen LogP contribution in [0, 0.1) is 5.92 Å². The summed E-state index contributed by atoms with van der Waals surface area (Å²) < 4.78 is 16.3. The van der Waals surface area contributed by atoms with Crippen molar-refractivity contribution in [1.82, 2.24) is 15.5 Å². The summed E-state index contributed by atoms with van der Waals surface area (Å²) in [5.41, 5.74) is -0.682. The maximum absolute atomic E-state index is 12.5. The third-order valence-corrected chi connectivity index (χ3v) is 4.19. The van der Waals surface area contributed by atoms with E-state index in [-0.39, 0.29) is 18.4 Å². The predicted molar refractivity (Wildman–Crippen MR) is 108 cm³/mol. The molecule has 3 atom stereocenters. The maximum Gasteiger partial charge on any atom is 0.408 e. The average Bonchev–Trinajstić information content (AvgIpc) is 3.11. The molecule has 0 aromatic heterocycles. The molecule has 3 unspecified atom stereocenters. The molecule has 1 heterocycles. The van der Waals surface area contributed by atoms with E-state index < -0.39 is 36.0 Å². The van der Waals surface area contributed by atoms with E-state index in [0.717, 1.165) is 0 Å². The van der Waals surface area contributed by atoms with Gasteiger partial charge in [0.05, 0.1) is 6.10 Å². The Kier molecular flexibility index (Phi) is 9.77. The molecule has 10 nitrogen and oxygen atoms in total. The molecule has 0 saturated carbocycles. The first-order valence-corrected chi connectivity index (χ1v) is 9.91. The fourth-order valence-corrected chi connectivity index (χ4v) is 2.66. The SMILES string of the molecule is CNC(=O)/C=C\N(C=O)C1CCC(COC(=O)C(NC(=O)OC(C)(C)C)C(C)C)O1. The van der Waals surface area contributed by atoms with Gasteiger partial charge in [0, 0.05) is 19.3 Å². The second-order valence-corrected chi connectivity index (χ2v) is 8.27. The van der Waals surface area contributed by atoms with Crippen LogP contribution in [0.15, 0.2) is 12.3 Å². The van der Waals surface area contributed by atoms with Gasteiger partial charge in [0.15, 0.2) is 0 Å². The molecule has 0 aromatic carbocycles. The number of hydrogen-bond acceptors (Lipinski definition) is 7. The predicted octanol–water partition coefficient (Wildman–Crippen LogP) is 1.30. The van der Waals surface area contributed by atoms with Crippen LogP contribution in [0.2, 0.25) is 0 Å². The van der Waals surface area contributed by atoms with Crippen LogP contribution in [0.4, 0.5) is 4.79 Å². The van der Waals surface area contributed by atoms with Crippen molar-refractivity contribution in [2.24, 2.45) is 5.92 Å². The highest BCUT2D eigenvalue weighted by Gasteiger charge is 2.32. The Bertz CT molecular complexity index is 643. The van der Waals surface area contributed by atoms with Crippen LogP contribution in [-0.2, 0) is 28.6 Å². The van der Waals surface area contributed by atoms with E-state index in [2.05, 4.69) is 10.6 Å². The van der Waals surface area contributed by atoms with Crippen molar-refractivity contribution in [2.45, 2.75) is 71.4 Å². The zero-order chi connectivity index (χ0) is 22.9. The van der Waals surface area contributed by atoms with Crippen LogP contribution in [-0.4, -0.2) is 66.9 Å². The van der Waals surface area contributed by atoms with E-state index in [1.807, 2.05) is 0 Å². The number of hydrogen-bond donors (Lipinski definition) is 2. The van der Waals surface area contributed by atoms with Gasteiger partial charge in [-0.1, -0.05) is 13.8 Å². The zero-order valence-electron chi connectivity index (χ0n) is 18.5. The van der Waals surface area contributed by atoms with Crippen LogP contribution in [0.1, 0.15) is 47.5 Å². The third kappa shape index (κ3) is 8.81. The summed E-state index contributed by atoms with van der Waals surface area (Å²) in [6, 6.07) is -0.862. The lowest BCUT2D eigenvalue weighted by Gasteiger charge is -2.25. The van der Waals surface area contributed by atoms with Crippen LogP contribution in [0.5, 0.6) is 0 Å². The van der Waals surface area contributed by atoms with Gasteiger partial charge in [-0.2, -0.15) is 0 Å².